The number of amides is 1. The highest BCUT2D eigenvalue weighted by molar-refractivity contribution is 6.32. The zero-order valence-electron chi connectivity index (χ0n) is 12.5. The van der Waals surface area contributed by atoms with Crippen LogP contribution in [-0.2, 0) is 4.79 Å². The second-order valence-electron chi connectivity index (χ2n) is 4.39. The number of carbonyl (C=O) groups is 2. The van der Waals surface area contributed by atoms with E-state index in [1.54, 1.807) is 6.07 Å². The molecule has 2 aromatic rings. The Hall–Kier alpha value is -3.00. The van der Waals surface area contributed by atoms with Gasteiger partial charge in [0.25, 0.3) is 0 Å². The average molecular weight is 353 g/mol. The molecular formula is C15H13ClN2O6. The van der Waals surface area contributed by atoms with E-state index in [9.17, 15) is 9.59 Å². The van der Waals surface area contributed by atoms with Crippen LogP contribution in [0.5, 0.6) is 11.5 Å². The van der Waals surface area contributed by atoms with Crippen molar-refractivity contribution in [3.8, 4) is 11.5 Å². The number of nitrogens with one attached hydrogen (secondary N) is 1. The molecule has 1 amide bonds. The number of furan rings is 1. The Kier molecular flexibility index (Phi) is 5.80. The smallest absolute Gasteiger partial charge is 0.341 e. The Balaban J connectivity index is 2.10. The number of hydrogen-bond acceptors (Lipinski definition) is 6. The molecule has 2 N–H and O–H groups in total. The van der Waals surface area contributed by atoms with E-state index < -0.39 is 18.5 Å². The van der Waals surface area contributed by atoms with Gasteiger partial charge in [0.05, 0.1) is 24.6 Å². The lowest BCUT2D eigenvalue weighted by atomic mass is 10.2. The molecule has 0 aliphatic rings. The van der Waals surface area contributed by atoms with E-state index in [0.717, 1.165) is 0 Å². The number of benzene rings is 1. The van der Waals surface area contributed by atoms with Crippen LogP contribution in [-0.4, -0.2) is 36.9 Å². The van der Waals surface area contributed by atoms with Crippen molar-refractivity contribution >= 4 is 29.7 Å². The number of rotatable bonds is 7. The monoisotopic (exact) mass is 352 g/mol. The van der Waals surface area contributed by atoms with Gasteiger partial charge < -0.3 is 19.0 Å². The lowest BCUT2D eigenvalue weighted by Gasteiger charge is -2.11. The number of aliphatic carboxylic acids is 1. The molecule has 1 aromatic heterocycles. The van der Waals surface area contributed by atoms with Crippen LogP contribution in [0.25, 0.3) is 0 Å². The maximum Gasteiger partial charge on any atom is 0.341 e. The molecule has 1 aromatic carbocycles. The van der Waals surface area contributed by atoms with Crippen LogP contribution in [0.2, 0.25) is 5.02 Å². The number of ether oxygens (including phenoxy) is 2. The number of hydrogen-bond donors (Lipinski definition) is 2. The number of methoxy groups -OCH3 is 1. The van der Waals surface area contributed by atoms with Crippen molar-refractivity contribution in [2.45, 2.75) is 0 Å². The molecule has 0 radical (unpaired) electrons. The van der Waals surface area contributed by atoms with Gasteiger partial charge in [-0.1, -0.05) is 11.6 Å². The van der Waals surface area contributed by atoms with E-state index >= 15 is 0 Å². The lowest BCUT2D eigenvalue weighted by molar-refractivity contribution is -0.139. The van der Waals surface area contributed by atoms with Gasteiger partial charge in [-0.3, -0.25) is 4.79 Å². The second-order valence-corrected chi connectivity index (χ2v) is 4.80. The Morgan fingerprint density at radius 1 is 1.46 bits per heavy atom. The van der Waals surface area contributed by atoms with Crippen LogP contribution in [0.1, 0.15) is 16.1 Å². The minimum atomic E-state index is -1.14. The Morgan fingerprint density at radius 3 is 2.88 bits per heavy atom. The number of hydrazone groups is 1. The van der Waals surface area contributed by atoms with Crippen molar-refractivity contribution < 1.29 is 28.6 Å². The first kappa shape index (κ1) is 17.4. The zero-order chi connectivity index (χ0) is 17.5. The fourth-order valence-electron chi connectivity index (χ4n) is 1.72. The molecule has 0 aliphatic carbocycles. The fraction of sp³-hybridized carbons (Fsp3) is 0.133. The Bertz CT molecular complexity index is 758. The van der Waals surface area contributed by atoms with Gasteiger partial charge in [0.2, 0.25) is 0 Å². The van der Waals surface area contributed by atoms with E-state index in [4.69, 9.17) is 30.6 Å². The summed E-state index contributed by atoms with van der Waals surface area (Å²) >= 11 is 6.06. The van der Waals surface area contributed by atoms with E-state index in [-0.39, 0.29) is 22.3 Å². The van der Waals surface area contributed by atoms with Crippen LogP contribution < -0.4 is 14.9 Å². The summed E-state index contributed by atoms with van der Waals surface area (Å²) in [5.74, 6) is -1.17. The summed E-state index contributed by atoms with van der Waals surface area (Å²) in [6.07, 6.45) is 2.72. The Labute approximate surface area is 141 Å². The van der Waals surface area contributed by atoms with Gasteiger partial charge in [0.1, 0.15) is 0 Å². The van der Waals surface area contributed by atoms with Gasteiger partial charge in [0.15, 0.2) is 23.9 Å². The highest BCUT2D eigenvalue weighted by Gasteiger charge is 2.13. The molecule has 0 aliphatic heterocycles. The van der Waals surface area contributed by atoms with Gasteiger partial charge in [-0.15, -0.1) is 0 Å². The summed E-state index contributed by atoms with van der Waals surface area (Å²) in [4.78, 5) is 22.2. The first-order chi connectivity index (χ1) is 11.5. The summed E-state index contributed by atoms with van der Waals surface area (Å²) in [5, 5.41) is 12.6. The van der Waals surface area contributed by atoms with Crippen molar-refractivity contribution in [2.75, 3.05) is 13.7 Å². The molecule has 8 nitrogen and oxygen atoms in total. The molecule has 24 heavy (non-hydrogen) atoms. The molecule has 0 unspecified atom stereocenters. The van der Waals surface area contributed by atoms with Crippen LogP contribution in [0, 0.1) is 0 Å². The highest BCUT2D eigenvalue weighted by atomic mass is 35.5. The first-order valence-corrected chi connectivity index (χ1v) is 6.98. The topological polar surface area (TPSA) is 110 Å². The largest absolute Gasteiger partial charge is 0.493 e. The van der Waals surface area contributed by atoms with Crippen LogP contribution in [0.15, 0.2) is 40.0 Å². The van der Waals surface area contributed by atoms with E-state index in [2.05, 4.69) is 10.5 Å². The van der Waals surface area contributed by atoms with Crippen LogP contribution in [0.4, 0.5) is 0 Å². The molecule has 9 heteroatoms. The lowest BCUT2D eigenvalue weighted by Crippen LogP contribution is -2.16. The van der Waals surface area contributed by atoms with Gasteiger partial charge >= 0.3 is 11.9 Å². The third-order valence-corrected chi connectivity index (χ3v) is 3.00. The molecule has 126 valence electrons. The number of carboxylic acids is 1. The SMILES string of the molecule is COc1cc(/C=N\NC(=O)c2ccco2)cc(Cl)c1OCC(=O)O. The van der Waals surface area contributed by atoms with Gasteiger partial charge in [-0.2, -0.15) is 5.10 Å². The molecular weight excluding hydrogens is 340 g/mol. The first-order valence-electron chi connectivity index (χ1n) is 6.60. The molecule has 1 heterocycles. The molecule has 2 rings (SSSR count). The third-order valence-electron chi connectivity index (χ3n) is 2.72. The quantitative estimate of drug-likeness (QED) is 0.583. The van der Waals surface area contributed by atoms with Gasteiger partial charge in [0, 0.05) is 0 Å². The molecule has 0 bridgehead atoms. The highest BCUT2D eigenvalue weighted by Crippen LogP contribution is 2.36. The van der Waals surface area contributed by atoms with E-state index in [1.807, 2.05) is 0 Å². The predicted molar refractivity (Wildman–Crippen MR) is 84.9 cm³/mol. The summed E-state index contributed by atoms with van der Waals surface area (Å²) in [6.45, 7) is -0.553. The Morgan fingerprint density at radius 2 is 2.25 bits per heavy atom. The summed E-state index contributed by atoms with van der Waals surface area (Å²) < 4.78 is 15.1. The average Bonchev–Trinajstić information content (AvgIpc) is 3.07. The standard InChI is InChI=1S/C15H13ClN2O6/c1-22-12-6-9(5-10(16)14(12)24-8-13(19)20)7-17-18-15(21)11-3-2-4-23-11/h2-7H,8H2,1H3,(H,18,21)(H,19,20)/b17-7-. The fourth-order valence-corrected chi connectivity index (χ4v) is 1.99. The molecule has 0 saturated heterocycles. The maximum absolute atomic E-state index is 11.6. The molecule has 0 saturated carbocycles. The number of carboxylic acid groups (broad SMARTS) is 1. The number of nitrogens with zero attached hydrogens (tertiary/aromatic N) is 1. The molecule has 0 atom stereocenters. The summed E-state index contributed by atoms with van der Waals surface area (Å²) in [6, 6.07) is 6.11. The van der Waals surface area contributed by atoms with E-state index in [1.165, 1.54) is 37.8 Å². The molecule has 0 fully saturated rings. The summed E-state index contributed by atoms with van der Waals surface area (Å²) in [7, 11) is 1.39. The van der Waals surface area contributed by atoms with E-state index in [0.29, 0.717) is 5.56 Å². The maximum atomic E-state index is 11.6. The minimum absolute atomic E-state index is 0.110. The van der Waals surface area contributed by atoms with Gasteiger partial charge in [-0.25, -0.2) is 10.2 Å². The predicted octanol–water partition coefficient (Wildman–Crippen LogP) is 2.17. The van der Waals surface area contributed by atoms with Crippen molar-refractivity contribution in [1.29, 1.82) is 0 Å². The normalized spacial score (nSPS) is 10.6. The molecule has 0 spiro atoms. The van der Waals surface area contributed by atoms with Gasteiger partial charge in [-0.05, 0) is 29.8 Å². The van der Waals surface area contributed by atoms with Crippen LogP contribution in [0.3, 0.4) is 0 Å². The van der Waals surface area contributed by atoms with Crippen molar-refractivity contribution in [3.05, 3.63) is 46.9 Å². The third kappa shape index (κ3) is 4.50. The van der Waals surface area contributed by atoms with Crippen molar-refractivity contribution in [2.24, 2.45) is 5.10 Å². The second kappa shape index (κ2) is 8.02. The van der Waals surface area contributed by atoms with Crippen molar-refractivity contribution in [1.82, 2.24) is 5.43 Å². The van der Waals surface area contributed by atoms with Crippen molar-refractivity contribution in [3.63, 3.8) is 0 Å². The minimum Gasteiger partial charge on any atom is -0.493 e. The van der Waals surface area contributed by atoms with Crippen LogP contribution >= 0.6 is 11.6 Å². The zero-order valence-corrected chi connectivity index (χ0v) is 13.2. The number of halogens is 1. The number of carbonyl (C=O) groups excluding carboxylic acids is 1. The summed E-state index contributed by atoms with van der Waals surface area (Å²) in [5.41, 5.74) is 2.80.